The number of hydrogen-bond donors (Lipinski definition) is 1. The topological polar surface area (TPSA) is 78.0 Å². The molecule has 0 aliphatic carbocycles. The van der Waals surface area contributed by atoms with Crippen LogP contribution >= 0.6 is 34.8 Å². The average molecular weight is 479 g/mol. The highest BCUT2D eigenvalue weighted by molar-refractivity contribution is 7.89. The second-order valence-electron chi connectivity index (χ2n) is 6.50. The SMILES string of the molecule is NS(=O)(=O)c1ccc(-n2nc(-c3cc(Cl)ccc3Cl)cc2-c2ccc(Cl)cc2)cc1. The number of rotatable bonds is 4. The predicted molar refractivity (Wildman–Crippen MR) is 121 cm³/mol. The maximum atomic E-state index is 11.6. The number of aromatic nitrogens is 2. The Morgan fingerprint density at radius 3 is 2.07 bits per heavy atom. The van der Waals surface area contributed by atoms with E-state index in [0.717, 1.165) is 11.3 Å². The van der Waals surface area contributed by atoms with Crippen molar-refractivity contribution in [3.05, 3.63) is 87.9 Å². The number of sulfonamides is 1. The van der Waals surface area contributed by atoms with Crippen molar-refractivity contribution in [2.24, 2.45) is 5.14 Å². The molecule has 0 aliphatic rings. The second-order valence-corrected chi connectivity index (χ2v) is 9.34. The van der Waals surface area contributed by atoms with E-state index < -0.39 is 10.0 Å². The van der Waals surface area contributed by atoms with Crippen LogP contribution in [0.15, 0.2) is 77.7 Å². The van der Waals surface area contributed by atoms with Gasteiger partial charge in [-0.25, -0.2) is 18.2 Å². The van der Waals surface area contributed by atoms with Gasteiger partial charge in [0.25, 0.3) is 0 Å². The summed E-state index contributed by atoms with van der Waals surface area (Å²) in [7, 11) is -3.79. The quantitative estimate of drug-likeness (QED) is 0.402. The molecule has 0 aliphatic heterocycles. The van der Waals surface area contributed by atoms with Gasteiger partial charge in [-0.15, -0.1) is 0 Å². The molecule has 4 aromatic rings. The maximum Gasteiger partial charge on any atom is 0.238 e. The summed E-state index contributed by atoms with van der Waals surface area (Å²) in [5, 5.41) is 11.6. The standard InChI is InChI=1S/C21H14Cl3N3O2S/c22-14-3-1-13(2-4-14)21-12-20(18-11-15(23)5-10-19(18)24)26-27(21)16-6-8-17(9-7-16)30(25,28)29/h1-12H,(H2,25,28,29). The van der Waals surface area contributed by atoms with Gasteiger partial charge in [0.05, 0.1) is 27.0 Å². The van der Waals surface area contributed by atoms with Crippen LogP contribution in [0.3, 0.4) is 0 Å². The minimum absolute atomic E-state index is 0.0181. The Labute approximate surface area is 188 Å². The van der Waals surface area contributed by atoms with Crippen LogP contribution in [0.1, 0.15) is 0 Å². The van der Waals surface area contributed by atoms with Gasteiger partial charge in [-0.1, -0.05) is 46.9 Å². The number of benzene rings is 3. The first-order chi connectivity index (χ1) is 14.2. The van der Waals surface area contributed by atoms with Gasteiger partial charge in [0.15, 0.2) is 0 Å². The fraction of sp³-hybridized carbons (Fsp3) is 0. The molecule has 3 aromatic carbocycles. The molecule has 0 bridgehead atoms. The Kier molecular flexibility index (Phi) is 5.61. The van der Waals surface area contributed by atoms with Crippen molar-refractivity contribution < 1.29 is 8.42 Å². The summed E-state index contributed by atoms with van der Waals surface area (Å²) >= 11 is 18.6. The van der Waals surface area contributed by atoms with E-state index in [1.165, 1.54) is 12.1 Å². The molecule has 1 heterocycles. The van der Waals surface area contributed by atoms with Gasteiger partial charge in [0, 0.05) is 21.2 Å². The highest BCUT2D eigenvalue weighted by Crippen LogP contribution is 2.34. The van der Waals surface area contributed by atoms with Crippen molar-refractivity contribution in [2.45, 2.75) is 4.90 Å². The van der Waals surface area contributed by atoms with Gasteiger partial charge in [-0.2, -0.15) is 5.10 Å². The maximum absolute atomic E-state index is 11.6. The molecule has 30 heavy (non-hydrogen) atoms. The lowest BCUT2D eigenvalue weighted by molar-refractivity contribution is 0.598. The van der Waals surface area contributed by atoms with E-state index in [2.05, 4.69) is 0 Å². The summed E-state index contributed by atoms with van der Waals surface area (Å²) in [6.07, 6.45) is 0. The molecule has 1 aromatic heterocycles. The van der Waals surface area contributed by atoms with Crippen molar-refractivity contribution >= 4 is 44.8 Å². The van der Waals surface area contributed by atoms with E-state index in [1.54, 1.807) is 47.1 Å². The lowest BCUT2D eigenvalue weighted by atomic mass is 10.1. The molecule has 0 spiro atoms. The summed E-state index contributed by atoms with van der Waals surface area (Å²) in [4.78, 5) is 0.0181. The summed E-state index contributed by atoms with van der Waals surface area (Å²) in [5.41, 5.74) is 3.58. The number of primary sulfonamides is 1. The predicted octanol–water partition coefficient (Wildman–Crippen LogP) is 5.81. The molecule has 0 saturated carbocycles. The van der Waals surface area contributed by atoms with Crippen LogP contribution in [0, 0.1) is 0 Å². The van der Waals surface area contributed by atoms with Gasteiger partial charge < -0.3 is 0 Å². The van der Waals surface area contributed by atoms with Gasteiger partial charge in [-0.3, -0.25) is 0 Å². The van der Waals surface area contributed by atoms with Gasteiger partial charge in [0.1, 0.15) is 0 Å². The van der Waals surface area contributed by atoms with E-state index in [9.17, 15) is 8.42 Å². The first-order valence-electron chi connectivity index (χ1n) is 8.67. The molecule has 0 radical (unpaired) electrons. The highest BCUT2D eigenvalue weighted by Gasteiger charge is 2.16. The minimum atomic E-state index is -3.79. The third-order valence-electron chi connectivity index (χ3n) is 4.46. The normalized spacial score (nSPS) is 11.6. The van der Waals surface area contributed by atoms with Crippen LogP contribution in [-0.4, -0.2) is 18.2 Å². The van der Waals surface area contributed by atoms with Crippen LogP contribution in [-0.2, 0) is 10.0 Å². The first kappa shape index (κ1) is 20.9. The Morgan fingerprint density at radius 2 is 1.43 bits per heavy atom. The smallest absolute Gasteiger partial charge is 0.232 e. The van der Waals surface area contributed by atoms with Crippen molar-refractivity contribution in [2.75, 3.05) is 0 Å². The van der Waals surface area contributed by atoms with Gasteiger partial charge in [0.2, 0.25) is 10.0 Å². The zero-order valence-electron chi connectivity index (χ0n) is 15.3. The molecule has 2 N–H and O–H groups in total. The molecular formula is C21H14Cl3N3O2S. The Hall–Kier alpha value is -2.35. The molecular weight excluding hydrogens is 465 g/mol. The zero-order chi connectivity index (χ0) is 21.5. The Morgan fingerprint density at radius 1 is 0.800 bits per heavy atom. The van der Waals surface area contributed by atoms with Crippen LogP contribution in [0.4, 0.5) is 0 Å². The van der Waals surface area contributed by atoms with Gasteiger partial charge >= 0.3 is 0 Å². The fourth-order valence-electron chi connectivity index (χ4n) is 3.01. The van der Waals surface area contributed by atoms with E-state index in [0.29, 0.717) is 32.0 Å². The largest absolute Gasteiger partial charge is 0.238 e. The monoisotopic (exact) mass is 477 g/mol. The third-order valence-corrected chi connectivity index (χ3v) is 6.21. The Bertz CT molecular complexity index is 1330. The van der Waals surface area contributed by atoms with Crippen LogP contribution in [0.25, 0.3) is 28.2 Å². The molecule has 9 heteroatoms. The van der Waals surface area contributed by atoms with Crippen LogP contribution < -0.4 is 5.14 Å². The summed E-state index contributed by atoms with van der Waals surface area (Å²) in [5.74, 6) is 0. The van der Waals surface area contributed by atoms with E-state index in [4.69, 9.17) is 45.0 Å². The lowest BCUT2D eigenvalue weighted by Crippen LogP contribution is -2.12. The first-order valence-corrected chi connectivity index (χ1v) is 11.3. The van der Waals surface area contributed by atoms with E-state index in [-0.39, 0.29) is 4.90 Å². The molecule has 0 saturated heterocycles. The van der Waals surface area contributed by atoms with Crippen molar-refractivity contribution in [3.8, 4) is 28.2 Å². The number of halogens is 3. The lowest BCUT2D eigenvalue weighted by Gasteiger charge is -2.08. The fourth-order valence-corrected chi connectivity index (χ4v) is 4.03. The second kappa shape index (κ2) is 8.06. The van der Waals surface area contributed by atoms with Crippen LogP contribution in [0.5, 0.6) is 0 Å². The molecule has 0 unspecified atom stereocenters. The van der Waals surface area contributed by atoms with Gasteiger partial charge in [-0.05, 0) is 60.7 Å². The minimum Gasteiger partial charge on any atom is -0.232 e. The van der Waals surface area contributed by atoms with Crippen molar-refractivity contribution in [1.82, 2.24) is 9.78 Å². The summed E-state index contributed by atoms with van der Waals surface area (Å²) in [6, 6.07) is 20.5. The number of hydrogen-bond acceptors (Lipinski definition) is 3. The molecule has 0 atom stereocenters. The van der Waals surface area contributed by atoms with E-state index >= 15 is 0 Å². The molecule has 0 amide bonds. The molecule has 152 valence electrons. The van der Waals surface area contributed by atoms with Crippen LogP contribution in [0.2, 0.25) is 15.1 Å². The summed E-state index contributed by atoms with van der Waals surface area (Å²) in [6.45, 7) is 0. The highest BCUT2D eigenvalue weighted by atomic mass is 35.5. The Balaban J connectivity index is 1.91. The van der Waals surface area contributed by atoms with Crippen molar-refractivity contribution in [3.63, 3.8) is 0 Å². The third kappa shape index (κ3) is 4.24. The molecule has 5 nitrogen and oxygen atoms in total. The number of nitrogens with two attached hydrogens (primary N) is 1. The zero-order valence-corrected chi connectivity index (χ0v) is 18.3. The van der Waals surface area contributed by atoms with Crippen molar-refractivity contribution in [1.29, 1.82) is 0 Å². The molecule has 4 rings (SSSR count). The number of nitrogens with zero attached hydrogens (tertiary/aromatic N) is 2. The average Bonchev–Trinajstić information content (AvgIpc) is 3.15. The van der Waals surface area contributed by atoms with E-state index in [1.807, 2.05) is 18.2 Å². The molecule has 0 fully saturated rings. The summed E-state index contributed by atoms with van der Waals surface area (Å²) < 4.78 is 24.8.